The lowest BCUT2D eigenvalue weighted by Gasteiger charge is -2.56. The summed E-state index contributed by atoms with van der Waals surface area (Å²) in [5.74, 6) is 0.670. The second-order valence-electron chi connectivity index (χ2n) is 8.54. The van der Waals surface area contributed by atoms with Crippen molar-refractivity contribution in [3.63, 3.8) is 0 Å². The molecule has 1 N–H and O–H groups in total. The van der Waals surface area contributed by atoms with Gasteiger partial charge < -0.3 is 14.8 Å². The molecule has 4 aliphatic rings. The van der Waals surface area contributed by atoms with Crippen LogP contribution < -0.4 is 10.1 Å². The fraction of sp³-hybridized carbons (Fsp3) is 0.591. The molecule has 27 heavy (non-hydrogen) atoms. The zero-order chi connectivity index (χ0) is 18.8. The first kappa shape index (κ1) is 17.1. The fourth-order valence-electron chi connectivity index (χ4n) is 6.65. The first-order chi connectivity index (χ1) is 13.1. The summed E-state index contributed by atoms with van der Waals surface area (Å²) in [5.41, 5.74) is 4.38. The van der Waals surface area contributed by atoms with Crippen LogP contribution in [0, 0.1) is 5.41 Å². The Bertz CT molecular complexity index is 848. The number of fused-ring (bicyclic) bond motifs is 1. The Morgan fingerprint density at radius 2 is 2.15 bits per heavy atom. The summed E-state index contributed by atoms with van der Waals surface area (Å²) >= 11 is 0. The van der Waals surface area contributed by atoms with Gasteiger partial charge in [0.2, 0.25) is 0 Å². The molecule has 2 fully saturated rings. The van der Waals surface area contributed by atoms with Crippen LogP contribution in [0.2, 0.25) is 0 Å². The van der Waals surface area contributed by atoms with Crippen LogP contribution in [0.15, 0.2) is 29.5 Å². The third-order valence-electron chi connectivity index (χ3n) is 7.71. The highest BCUT2D eigenvalue weighted by Crippen LogP contribution is 2.65. The summed E-state index contributed by atoms with van der Waals surface area (Å²) in [6.45, 7) is 4.56. The molecule has 1 aromatic rings. The molecule has 1 aliphatic carbocycles. The predicted molar refractivity (Wildman–Crippen MR) is 104 cm³/mol. The number of nitrogens with one attached hydrogen (secondary N) is 1. The van der Waals surface area contributed by atoms with Gasteiger partial charge in [-0.15, -0.1) is 0 Å². The number of benzene rings is 1. The van der Waals surface area contributed by atoms with E-state index in [2.05, 4.69) is 35.3 Å². The maximum Gasteiger partial charge on any atom is 0.335 e. The summed E-state index contributed by atoms with van der Waals surface area (Å²) in [5, 5.41) is 3.64. The molecule has 0 radical (unpaired) electrons. The van der Waals surface area contributed by atoms with Crippen molar-refractivity contribution in [2.75, 3.05) is 32.6 Å². The van der Waals surface area contributed by atoms with Crippen molar-refractivity contribution in [1.82, 2.24) is 4.90 Å². The van der Waals surface area contributed by atoms with E-state index in [9.17, 15) is 4.79 Å². The average molecular weight is 368 g/mol. The molecule has 0 bridgehead atoms. The second kappa shape index (κ2) is 5.74. The highest BCUT2D eigenvalue weighted by atomic mass is 16.5. The summed E-state index contributed by atoms with van der Waals surface area (Å²) in [4.78, 5) is 15.5. The molecule has 5 heteroatoms. The number of ether oxygens (including phenoxy) is 2. The quantitative estimate of drug-likeness (QED) is 0.828. The van der Waals surface area contributed by atoms with Crippen molar-refractivity contribution < 1.29 is 14.3 Å². The number of carbonyl (C=O) groups is 1. The van der Waals surface area contributed by atoms with Gasteiger partial charge in [0.15, 0.2) is 0 Å². The van der Waals surface area contributed by atoms with E-state index in [1.165, 1.54) is 32.1 Å². The highest BCUT2D eigenvalue weighted by Gasteiger charge is 2.66. The molecule has 0 aromatic heterocycles. The van der Waals surface area contributed by atoms with Crippen LogP contribution in [-0.2, 0) is 14.9 Å². The van der Waals surface area contributed by atoms with Gasteiger partial charge >= 0.3 is 5.97 Å². The molecule has 0 saturated carbocycles. The molecular weight excluding hydrogens is 340 g/mol. The van der Waals surface area contributed by atoms with Gasteiger partial charge in [-0.1, -0.05) is 13.0 Å². The normalized spacial score (nSPS) is 33.8. The number of hydrogen-bond acceptors (Lipinski definition) is 5. The van der Waals surface area contributed by atoms with Gasteiger partial charge in [-0.25, -0.2) is 4.79 Å². The zero-order valence-corrected chi connectivity index (χ0v) is 16.4. The Morgan fingerprint density at radius 1 is 1.30 bits per heavy atom. The molecule has 0 amide bonds. The van der Waals surface area contributed by atoms with Crippen molar-refractivity contribution in [3.8, 4) is 5.75 Å². The molecule has 3 heterocycles. The smallest absolute Gasteiger partial charge is 0.335 e. The van der Waals surface area contributed by atoms with Crippen molar-refractivity contribution in [3.05, 3.63) is 35.0 Å². The SMILES string of the molecule is CC[C@@]12CCCN3CC[C@@]4(C(=C(C(=O)OC)C1)Nc1cc(OC)ccc14)[C@H]32. The van der Waals surface area contributed by atoms with Crippen molar-refractivity contribution >= 4 is 11.7 Å². The second-order valence-corrected chi connectivity index (χ2v) is 8.54. The van der Waals surface area contributed by atoms with E-state index in [-0.39, 0.29) is 16.8 Å². The summed E-state index contributed by atoms with van der Waals surface area (Å²) < 4.78 is 10.7. The number of nitrogens with zero attached hydrogens (tertiary/aromatic N) is 1. The van der Waals surface area contributed by atoms with Gasteiger partial charge in [-0.3, -0.25) is 4.90 Å². The van der Waals surface area contributed by atoms with E-state index in [4.69, 9.17) is 9.47 Å². The maximum absolute atomic E-state index is 12.8. The van der Waals surface area contributed by atoms with Crippen molar-refractivity contribution in [2.24, 2.45) is 5.41 Å². The van der Waals surface area contributed by atoms with Crippen molar-refractivity contribution in [1.29, 1.82) is 0 Å². The Labute approximate surface area is 160 Å². The third kappa shape index (κ3) is 2.01. The van der Waals surface area contributed by atoms with Crippen LogP contribution >= 0.6 is 0 Å². The Morgan fingerprint density at radius 3 is 2.89 bits per heavy atom. The van der Waals surface area contributed by atoms with Gasteiger partial charge in [0.05, 0.1) is 25.2 Å². The van der Waals surface area contributed by atoms with Crippen LogP contribution in [-0.4, -0.2) is 44.2 Å². The molecular formula is C22H28N2O3. The molecule has 0 unspecified atom stereocenters. The van der Waals surface area contributed by atoms with E-state index < -0.39 is 0 Å². The number of carbonyl (C=O) groups excluding carboxylic acids is 1. The van der Waals surface area contributed by atoms with E-state index in [0.29, 0.717) is 6.04 Å². The lowest BCUT2D eigenvalue weighted by atomic mass is 9.53. The topological polar surface area (TPSA) is 50.8 Å². The summed E-state index contributed by atoms with van der Waals surface area (Å²) in [6, 6.07) is 6.80. The number of anilines is 1. The third-order valence-corrected chi connectivity index (χ3v) is 7.71. The number of rotatable bonds is 3. The van der Waals surface area contributed by atoms with E-state index in [1.54, 1.807) is 7.11 Å². The van der Waals surface area contributed by atoms with E-state index in [1.807, 2.05) is 0 Å². The Hall–Kier alpha value is -2.01. The molecule has 2 saturated heterocycles. The van der Waals surface area contributed by atoms with Gasteiger partial charge in [-0.2, -0.15) is 0 Å². The number of piperidine rings is 1. The summed E-state index contributed by atoms with van der Waals surface area (Å²) in [7, 11) is 3.20. The average Bonchev–Trinajstić information content (AvgIpc) is 3.26. The van der Waals surface area contributed by atoms with Gasteiger partial charge in [0.1, 0.15) is 5.75 Å². The van der Waals surface area contributed by atoms with Crippen LogP contribution in [0.4, 0.5) is 5.69 Å². The standard InChI is InChI=1S/C22H28N2O3/c1-4-21-8-5-10-24-11-9-22(20(21)24)16-7-6-14(26-2)12-17(16)23-18(22)15(13-21)19(25)27-3/h6-7,12,20,23H,4-5,8-11,13H2,1-3H3/t20-,21-,22-/m1/s1. The van der Waals surface area contributed by atoms with E-state index in [0.717, 1.165) is 48.5 Å². The van der Waals surface area contributed by atoms with Crippen LogP contribution in [0.5, 0.6) is 5.75 Å². The highest BCUT2D eigenvalue weighted by molar-refractivity contribution is 5.93. The number of hydrogen-bond donors (Lipinski definition) is 1. The molecule has 144 valence electrons. The lowest BCUT2D eigenvalue weighted by Crippen LogP contribution is -2.59. The van der Waals surface area contributed by atoms with Gasteiger partial charge in [-0.05, 0) is 62.2 Å². The maximum atomic E-state index is 12.8. The number of esters is 1. The Kier molecular flexibility index (Phi) is 3.64. The largest absolute Gasteiger partial charge is 0.497 e. The molecule has 3 aliphatic heterocycles. The zero-order valence-electron chi connectivity index (χ0n) is 16.4. The fourth-order valence-corrected chi connectivity index (χ4v) is 6.65. The molecule has 5 rings (SSSR count). The summed E-state index contributed by atoms with van der Waals surface area (Å²) in [6.07, 6.45) is 5.36. The van der Waals surface area contributed by atoms with Crippen LogP contribution in [0.3, 0.4) is 0 Å². The van der Waals surface area contributed by atoms with E-state index >= 15 is 0 Å². The van der Waals surface area contributed by atoms with Gasteiger partial charge in [0, 0.05) is 23.5 Å². The molecule has 1 aromatic carbocycles. The first-order valence-electron chi connectivity index (χ1n) is 10.1. The minimum atomic E-state index is -0.174. The number of methoxy groups -OCH3 is 2. The minimum absolute atomic E-state index is 0.125. The van der Waals surface area contributed by atoms with Crippen LogP contribution in [0.1, 0.15) is 44.6 Å². The lowest BCUT2D eigenvalue weighted by molar-refractivity contribution is -0.137. The van der Waals surface area contributed by atoms with Gasteiger partial charge in [0.25, 0.3) is 0 Å². The first-order valence-corrected chi connectivity index (χ1v) is 10.1. The molecule has 5 nitrogen and oxygen atoms in total. The Balaban J connectivity index is 1.79. The monoisotopic (exact) mass is 368 g/mol. The predicted octanol–water partition coefficient (Wildman–Crippen LogP) is 3.45. The van der Waals surface area contributed by atoms with Crippen molar-refractivity contribution in [2.45, 2.75) is 50.5 Å². The molecule has 3 atom stereocenters. The van der Waals surface area contributed by atoms with Crippen LogP contribution in [0.25, 0.3) is 0 Å². The molecule has 1 spiro atoms. The minimum Gasteiger partial charge on any atom is -0.497 e.